The predicted octanol–water partition coefficient (Wildman–Crippen LogP) is 1.43. The van der Waals surface area contributed by atoms with Gasteiger partial charge in [-0.1, -0.05) is 6.07 Å². The quantitative estimate of drug-likeness (QED) is 0.673. The smallest absolute Gasteiger partial charge is 0.250 e. The fourth-order valence-electron chi connectivity index (χ4n) is 4.23. The molecule has 2 bridgehead atoms. The van der Waals surface area contributed by atoms with E-state index in [4.69, 9.17) is 0 Å². The van der Waals surface area contributed by atoms with Gasteiger partial charge in [-0.25, -0.2) is 0 Å². The van der Waals surface area contributed by atoms with Gasteiger partial charge in [-0.15, -0.1) is 0 Å². The van der Waals surface area contributed by atoms with E-state index in [-0.39, 0.29) is 5.56 Å². The van der Waals surface area contributed by atoms with Crippen LogP contribution in [0.25, 0.3) is 0 Å². The molecule has 17 heavy (non-hydrogen) atoms. The highest BCUT2D eigenvalue weighted by Gasteiger charge is 2.42. The fraction of sp³-hybridized carbons (Fsp3) is 0.643. The Morgan fingerprint density at radius 1 is 1.24 bits per heavy atom. The van der Waals surface area contributed by atoms with Crippen LogP contribution < -0.4 is 5.56 Å². The van der Waals surface area contributed by atoms with E-state index in [1.807, 2.05) is 10.6 Å². The Morgan fingerprint density at radius 3 is 3.12 bits per heavy atom. The monoisotopic (exact) mass is 230 g/mol. The van der Waals surface area contributed by atoms with Gasteiger partial charge < -0.3 is 4.57 Å². The maximum absolute atomic E-state index is 11.9. The molecule has 3 heteroatoms. The van der Waals surface area contributed by atoms with E-state index in [0.717, 1.165) is 12.6 Å². The summed E-state index contributed by atoms with van der Waals surface area (Å²) < 4.78 is 2.04. The Balaban J connectivity index is 1.81. The van der Waals surface area contributed by atoms with Gasteiger partial charge in [0.25, 0.3) is 5.56 Å². The van der Waals surface area contributed by atoms with Gasteiger partial charge in [0, 0.05) is 36.8 Å². The Kier molecular flexibility index (Phi) is 2.01. The number of piperidine rings is 1. The molecule has 0 aromatic carbocycles. The topological polar surface area (TPSA) is 25.2 Å². The highest BCUT2D eigenvalue weighted by atomic mass is 16.1. The average Bonchev–Trinajstić information content (AvgIpc) is 2.79. The van der Waals surface area contributed by atoms with E-state index in [0.29, 0.717) is 11.8 Å². The largest absolute Gasteiger partial charge is 0.312 e. The Morgan fingerprint density at radius 2 is 2.18 bits per heavy atom. The van der Waals surface area contributed by atoms with E-state index in [9.17, 15) is 4.79 Å². The molecule has 1 aromatic heterocycles. The van der Waals surface area contributed by atoms with Gasteiger partial charge in [-0.3, -0.25) is 9.69 Å². The third-order valence-electron chi connectivity index (χ3n) is 4.92. The number of hydrogen-bond donors (Lipinski definition) is 0. The van der Waals surface area contributed by atoms with Crippen molar-refractivity contribution in [1.82, 2.24) is 9.47 Å². The molecular weight excluding hydrogens is 212 g/mol. The molecule has 2 saturated heterocycles. The second kappa shape index (κ2) is 3.45. The predicted molar refractivity (Wildman–Crippen MR) is 66.1 cm³/mol. The molecule has 4 rings (SSSR count). The molecule has 0 aliphatic carbocycles. The molecule has 1 aromatic rings. The zero-order chi connectivity index (χ0) is 11.4. The highest BCUT2D eigenvalue weighted by Crippen LogP contribution is 2.41. The lowest BCUT2D eigenvalue weighted by atomic mass is 9.78. The molecule has 3 unspecified atom stereocenters. The molecular formula is C14H18N2O. The summed E-state index contributed by atoms with van der Waals surface area (Å²) >= 11 is 0. The van der Waals surface area contributed by atoms with Crippen molar-refractivity contribution >= 4 is 0 Å². The number of aromatic nitrogens is 1. The molecule has 0 amide bonds. The summed E-state index contributed by atoms with van der Waals surface area (Å²) in [5.41, 5.74) is 1.47. The first-order chi connectivity index (χ1) is 8.33. The fourth-order valence-corrected chi connectivity index (χ4v) is 4.23. The van der Waals surface area contributed by atoms with Gasteiger partial charge >= 0.3 is 0 Å². The number of fused-ring (bicyclic) bond motifs is 6. The average molecular weight is 230 g/mol. The van der Waals surface area contributed by atoms with Crippen molar-refractivity contribution in [2.24, 2.45) is 5.92 Å². The SMILES string of the molecule is O=c1cccc2n1CC1CC2CN2CCCC12. The van der Waals surface area contributed by atoms with Crippen molar-refractivity contribution in [3.63, 3.8) is 0 Å². The van der Waals surface area contributed by atoms with Crippen LogP contribution in [0, 0.1) is 5.92 Å². The second-order valence-electron chi connectivity index (χ2n) is 5.80. The molecule has 0 radical (unpaired) electrons. The van der Waals surface area contributed by atoms with E-state index in [2.05, 4.69) is 11.0 Å². The molecule has 3 nitrogen and oxygen atoms in total. The Labute approximate surface area is 101 Å². The van der Waals surface area contributed by atoms with Crippen LogP contribution in [0.3, 0.4) is 0 Å². The van der Waals surface area contributed by atoms with Gasteiger partial charge in [0.1, 0.15) is 0 Å². The van der Waals surface area contributed by atoms with E-state index in [1.165, 1.54) is 38.0 Å². The van der Waals surface area contributed by atoms with Crippen molar-refractivity contribution in [3.8, 4) is 0 Å². The van der Waals surface area contributed by atoms with Crippen molar-refractivity contribution in [2.45, 2.75) is 37.8 Å². The van der Waals surface area contributed by atoms with E-state index in [1.54, 1.807) is 6.07 Å². The van der Waals surface area contributed by atoms with Crippen molar-refractivity contribution in [3.05, 3.63) is 34.2 Å². The molecule has 0 spiro atoms. The zero-order valence-corrected chi connectivity index (χ0v) is 10.0. The summed E-state index contributed by atoms with van der Waals surface area (Å²) in [6, 6.07) is 6.53. The lowest BCUT2D eigenvalue weighted by molar-refractivity contribution is 0.0832. The van der Waals surface area contributed by atoms with Crippen LogP contribution in [0.4, 0.5) is 0 Å². The number of rotatable bonds is 0. The van der Waals surface area contributed by atoms with E-state index < -0.39 is 0 Å². The molecule has 0 saturated carbocycles. The summed E-state index contributed by atoms with van der Waals surface area (Å²) in [5, 5.41) is 0. The molecule has 3 atom stereocenters. The van der Waals surface area contributed by atoms with Gasteiger partial charge in [0.05, 0.1) is 0 Å². The summed E-state index contributed by atoms with van der Waals surface area (Å²) in [7, 11) is 0. The number of pyridine rings is 1. The van der Waals surface area contributed by atoms with Crippen LogP contribution in [-0.2, 0) is 6.54 Å². The van der Waals surface area contributed by atoms with Gasteiger partial charge in [0.2, 0.25) is 0 Å². The maximum atomic E-state index is 11.9. The normalized spacial score (nSPS) is 35.4. The zero-order valence-electron chi connectivity index (χ0n) is 10.0. The van der Waals surface area contributed by atoms with Crippen molar-refractivity contribution in [2.75, 3.05) is 13.1 Å². The lowest BCUT2D eigenvalue weighted by Crippen LogP contribution is -2.50. The highest BCUT2D eigenvalue weighted by molar-refractivity contribution is 5.18. The minimum atomic E-state index is 0.198. The second-order valence-corrected chi connectivity index (χ2v) is 5.80. The molecule has 3 aliphatic heterocycles. The van der Waals surface area contributed by atoms with Crippen LogP contribution in [0.1, 0.15) is 30.9 Å². The maximum Gasteiger partial charge on any atom is 0.250 e. The molecule has 2 fully saturated rings. The van der Waals surface area contributed by atoms with E-state index >= 15 is 0 Å². The summed E-state index contributed by atoms with van der Waals surface area (Å²) in [6.45, 7) is 3.39. The number of hydrogen-bond acceptors (Lipinski definition) is 2. The number of nitrogens with zero attached hydrogens (tertiary/aromatic N) is 2. The molecule has 4 heterocycles. The minimum absolute atomic E-state index is 0.198. The van der Waals surface area contributed by atoms with Crippen LogP contribution >= 0.6 is 0 Å². The third-order valence-corrected chi connectivity index (χ3v) is 4.92. The summed E-state index contributed by atoms with van der Waals surface area (Å²) in [5.74, 6) is 1.31. The van der Waals surface area contributed by atoms with Crippen molar-refractivity contribution in [1.29, 1.82) is 0 Å². The van der Waals surface area contributed by atoms with Crippen LogP contribution in [0.2, 0.25) is 0 Å². The Hall–Kier alpha value is -1.09. The van der Waals surface area contributed by atoms with Gasteiger partial charge in [-0.05, 0) is 37.8 Å². The first-order valence-corrected chi connectivity index (χ1v) is 6.77. The first-order valence-electron chi connectivity index (χ1n) is 6.77. The van der Waals surface area contributed by atoms with Crippen LogP contribution in [0.15, 0.2) is 23.0 Å². The molecule has 3 aliphatic rings. The van der Waals surface area contributed by atoms with Crippen LogP contribution in [0.5, 0.6) is 0 Å². The standard InChI is InChI=1S/C14H18N2O/c17-14-5-1-3-13-10-7-11(9-16(13)14)12-4-2-6-15(12)8-10/h1,3,5,10-12H,2,4,6-9H2. The minimum Gasteiger partial charge on any atom is -0.312 e. The summed E-state index contributed by atoms with van der Waals surface area (Å²) in [4.78, 5) is 14.6. The lowest BCUT2D eigenvalue weighted by Gasteiger charge is -2.45. The van der Waals surface area contributed by atoms with Gasteiger partial charge in [0.15, 0.2) is 0 Å². The van der Waals surface area contributed by atoms with Crippen molar-refractivity contribution < 1.29 is 0 Å². The molecule has 0 N–H and O–H groups in total. The summed E-state index contributed by atoms with van der Waals surface area (Å²) in [6.07, 6.45) is 3.98. The van der Waals surface area contributed by atoms with Gasteiger partial charge in [-0.2, -0.15) is 0 Å². The Bertz CT molecular complexity index is 507. The first kappa shape index (κ1) is 9.89. The third kappa shape index (κ3) is 1.35. The van der Waals surface area contributed by atoms with Crippen LogP contribution in [-0.4, -0.2) is 28.6 Å². The molecule has 90 valence electrons.